The van der Waals surface area contributed by atoms with E-state index >= 15 is 0 Å². The number of aliphatic carboxylic acids is 1. The van der Waals surface area contributed by atoms with Gasteiger partial charge < -0.3 is 14.5 Å². The van der Waals surface area contributed by atoms with E-state index in [1.54, 1.807) is 6.92 Å². The molecule has 2 rings (SSSR count). The predicted molar refractivity (Wildman–Crippen MR) is 70.0 cm³/mol. The number of carboxylic acid groups (broad SMARTS) is 1. The zero-order chi connectivity index (χ0) is 14.0. The maximum absolute atomic E-state index is 12.5. The molecule has 2 unspecified atom stereocenters. The molecule has 2 heterocycles. The van der Waals surface area contributed by atoms with Gasteiger partial charge in [0.25, 0.3) is 5.91 Å². The molecule has 0 saturated carbocycles. The molecule has 6 nitrogen and oxygen atoms in total. The van der Waals surface area contributed by atoms with Gasteiger partial charge in [-0.2, -0.15) is 0 Å². The van der Waals surface area contributed by atoms with E-state index in [2.05, 4.69) is 5.16 Å². The van der Waals surface area contributed by atoms with E-state index in [4.69, 9.17) is 4.52 Å². The Bertz CT molecular complexity index is 488. The lowest BCUT2D eigenvalue weighted by atomic mass is 10.1. The van der Waals surface area contributed by atoms with Gasteiger partial charge in [0.2, 0.25) is 0 Å². The highest BCUT2D eigenvalue weighted by molar-refractivity contribution is 8.00. The summed E-state index contributed by atoms with van der Waals surface area (Å²) < 4.78 is 4.88. The van der Waals surface area contributed by atoms with Gasteiger partial charge in [-0.1, -0.05) is 18.5 Å². The number of aromatic nitrogens is 1. The van der Waals surface area contributed by atoms with Gasteiger partial charge in [0.1, 0.15) is 17.4 Å². The van der Waals surface area contributed by atoms with Crippen LogP contribution in [0.25, 0.3) is 0 Å². The number of carboxylic acids is 1. The first-order chi connectivity index (χ1) is 9.06. The molecule has 1 amide bonds. The van der Waals surface area contributed by atoms with Crippen molar-refractivity contribution in [1.82, 2.24) is 10.1 Å². The van der Waals surface area contributed by atoms with Crippen molar-refractivity contribution in [1.29, 1.82) is 0 Å². The Labute approximate surface area is 115 Å². The highest BCUT2D eigenvalue weighted by Gasteiger charge is 2.42. The summed E-state index contributed by atoms with van der Waals surface area (Å²) >= 11 is 1.52. The zero-order valence-electron chi connectivity index (χ0n) is 10.8. The van der Waals surface area contributed by atoms with E-state index in [-0.39, 0.29) is 11.3 Å². The summed E-state index contributed by atoms with van der Waals surface area (Å²) in [6.07, 6.45) is 3.03. The highest BCUT2D eigenvalue weighted by atomic mass is 32.2. The van der Waals surface area contributed by atoms with Gasteiger partial charge in [0.05, 0.1) is 11.6 Å². The Morgan fingerprint density at radius 1 is 1.63 bits per heavy atom. The van der Waals surface area contributed by atoms with E-state index in [9.17, 15) is 14.7 Å². The Morgan fingerprint density at radius 3 is 2.89 bits per heavy atom. The van der Waals surface area contributed by atoms with Crippen LogP contribution in [0.4, 0.5) is 0 Å². The number of hydrogen-bond acceptors (Lipinski definition) is 5. The predicted octanol–water partition coefficient (Wildman–Crippen LogP) is 1.75. The van der Waals surface area contributed by atoms with Crippen LogP contribution in [0, 0.1) is 6.92 Å². The minimum Gasteiger partial charge on any atom is -0.480 e. The molecule has 1 fully saturated rings. The van der Waals surface area contributed by atoms with Gasteiger partial charge in [-0.15, -0.1) is 11.8 Å². The number of hydrogen-bond donors (Lipinski definition) is 1. The summed E-state index contributed by atoms with van der Waals surface area (Å²) in [7, 11) is 0. The average molecular weight is 284 g/mol. The van der Waals surface area contributed by atoms with Crippen LogP contribution in [-0.4, -0.2) is 44.2 Å². The van der Waals surface area contributed by atoms with Crippen molar-refractivity contribution in [2.75, 3.05) is 5.75 Å². The second-order valence-electron chi connectivity index (χ2n) is 4.44. The first-order valence-corrected chi connectivity index (χ1v) is 7.19. The van der Waals surface area contributed by atoms with Crippen molar-refractivity contribution < 1.29 is 19.2 Å². The number of nitrogens with zero attached hydrogens (tertiary/aromatic N) is 2. The molecule has 19 heavy (non-hydrogen) atoms. The average Bonchev–Trinajstić information content (AvgIpc) is 2.95. The Morgan fingerprint density at radius 2 is 2.37 bits per heavy atom. The molecule has 2 atom stereocenters. The normalized spacial score (nSPS) is 22.7. The molecule has 1 saturated heterocycles. The van der Waals surface area contributed by atoms with Crippen molar-refractivity contribution in [2.45, 2.75) is 38.1 Å². The number of carbonyl (C=O) groups is 2. The van der Waals surface area contributed by atoms with E-state index in [1.165, 1.54) is 22.9 Å². The summed E-state index contributed by atoms with van der Waals surface area (Å²) in [6, 6.07) is -0.775. The first kappa shape index (κ1) is 13.9. The van der Waals surface area contributed by atoms with Crippen LogP contribution in [0.15, 0.2) is 10.7 Å². The largest absolute Gasteiger partial charge is 0.480 e. The SMILES string of the molecule is CCCC1SCC(C(=O)O)N1C(=O)c1cnoc1C. The summed E-state index contributed by atoms with van der Waals surface area (Å²) in [5.41, 5.74) is 0.342. The molecule has 104 valence electrons. The van der Waals surface area contributed by atoms with Crippen LogP contribution in [-0.2, 0) is 4.79 Å². The fourth-order valence-corrected chi connectivity index (χ4v) is 3.65. The van der Waals surface area contributed by atoms with Crippen molar-refractivity contribution >= 4 is 23.6 Å². The summed E-state index contributed by atoms with van der Waals surface area (Å²) in [4.78, 5) is 25.2. The van der Waals surface area contributed by atoms with Crippen LogP contribution in [0.1, 0.15) is 35.9 Å². The van der Waals surface area contributed by atoms with Crippen LogP contribution < -0.4 is 0 Å². The molecule has 1 aromatic rings. The van der Waals surface area contributed by atoms with Crippen LogP contribution in [0.3, 0.4) is 0 Å². The lowest BCUT2D eigenvalue weighted by Crippen LogP contribution is -2.45. The van der Waals surface area contributed by atoms with E-state index in [0.717, 1.165) is 12.8 Å². The van der Waals surface area contributed by atoms with Gasteiger partial charge in [-0.25, -0.2) is 4.79 Å². The molecule has 0 bridgehead atoms. The number of aryl methyl sites for hydroxylation is 1. The molecule has 0 spiro atoms. The van der Waals surface area contributed by atoms with Crippen molar-refractivity contribution in [3.8, 4) is 0 Å². The maximum atomic E-state index is 12.5. The Hall–Kier alpha value is -1.50. The van der Waals surface area contributed by atoms with Crippen LogP contribution in [0.5, 0.6) is 0 Å². The summed E-state index contributed by atoms with van der Waals surface area (Å²) in [6.45, 7) is 3.66. The second kappa shape index (κ2) is 5.64. The Kier molecular flexibility index (Phi) is 4.14. The van der Waals surface area contributed by atoms with E-state index in [1.807, 2.05) is 6.92 Å². The molecule has 1 aliphatic rings. The molecule has 1 aromatic heterocycles. The standard InChI is InChI=1S/C12H16N2O4S/c1-3-4-10-14(9(6-19-10)12(16)17)11(15)8-5-13-18-7(8)2/h5,9-10H,3-4,6H2,1-2H3,(H,16,17). The number of carbonyl (C=O) groups excluding carboxylic acids is 1. The van der Waals surface area contributed by atoms with Gasteiger partial charge >= 0.3 is 5.97 Å². The van der Waals surface area contributed by atoms with Gasteiger partial charge in [0.15, 0.2) is 0 Å². The third kappa shape index (κ3) is 2.60. The molecule has 7 heteroatoms. The maximum Gasteiger partial charge on any atom is 0.327 e. The highest BCUT2D eigenvalue weighted by Crippen LogP contribution is 2.33. The van der Waals surface area contributed by atoms with Crippen LogP contribution in [0.2, 0.25) is 0 Å². The molecule has 0 aromatic carbocycles. The van der Waals surface area contributed by atoms with Crippen molar-refractivity contribution in [3.05, 3.63) is 17.5 Å². The zero-order valence-corrected chi connectivity index (χ0v) is 11.6. The fourth-order valence-electron chi connectivity index (χ4n) is 2.14. The Balaban J connectivity index is 2.28. The van der Waals surface area contributed by atoms with E-state index < -0.39 is 12.0 Å². The van der Waals surface area contributed by atoms with Gasteiger partial charge in [-0.3, -0.25) is 4.79 Å². The molecular weight excluding hydrogens is 268 g/mol. The fraction of sp³-hybridized carbons (Fsp3) is 0.583. The molecule has 0 aliphatic carbocycles. The molecular formula is C12H16N2O4S. The molecule has 0 radical (unpaired) electrons. The lowest BCUT2D eigenvalue weighted by molar-refractivity contribution is -0.141. The number of amides is 1. The van der Waals surface area contributed by atoms with E-state index in [0.29, 0.717) is 17.1 Å². The lowest BCUT2D eigenvalue weighted by Gasteiger charge is -2.26. The van der Waals surface area contributed by atoms with Crippen LogP contribution >= 0.6 is 11.8 Å². The smallest absolute Gasteiger partial charge is 0.327 e. The minimum atomic E-state index is -0.964. The molecule has 1 N–H and O–H groups in total. The van der Waals surface area contributed by atoms with Crippen molar-refractivity contribution in [2.24, 2.45) is 0 Å². The van der Waals surface area contributed by atoms with Crippen molar-refractivity contribution in [3.63, 3.8) is 0 Å². The third-order valence-electron chi connectivity index (χ3n) is 3.13. The second-order valence-corrected chi connectivity index (χ2v) is 5.65. The number of thioether (sulfide) groups is 1. The summed E-state index contributed by atoms with van der Waals surface area (Å²) in [5, 5.41) is 12.7. The monoisotopic (exact) mass is 284 g/mol. The quantitative estimate of drug-likeness (QED) is 0.907. The minimum absolute atomic E-state index is 0.0899. The summed E-state index contributed by atoms with van der Waals surface area (Å²) in [5.74, 6) is -0.430. The number of rotatable bonds is 4. The van der Waals surface area contributed by atoms with Gasteiger partial charge in [-0.05, 0) is 13.3 Å². The van der Waals surface area contributed by atoms with Gasteiger partial charge in [0, 0.05) is 5.75 Å². The first-order valence-electron chi connectivity index (χ1n) is 6.14. The molecule has 1 aliphatic heterocycles. The topological polar surface area (TPSA) is 83.6 Å². The third-order valence-corrected chi connectivity index (χ3v) is 4.48.